The van der Waals surface area contributed by atoms with E-state index in [9.17, 15) is 31.1 Å². The summed E-state index contributed by atoms with van der Waals surface area (Å²) < 4.78 is 80.9. The van der Waals surface area contributed by atoms with Gasteiger partial charge in [-0.25, -0.2) is 4.98 Å². The molecule has 1 aliphatic rings. The number of nitrogens with zero attached hydrogens (tertiary/aromatic N) is 2. The number of nitrogens with one attached hydrogen (secondary N) is 1. The van der Waals surface area contributed by atoms with E-state index < -0.39 is 29.4 Å². The topological polar surface area (TPSA) is 46.9 Å². The van der Waals surface area contributed by atoms with E-state index in [4.69, 9.17) is 0 Å². The lowest BCUT2D eigenvalue weighted by atomic mass is 10.0. The maximum atomic E-state index is 13.8. The van der Waals surface area contributed by atoms with Crippen molar-refractivity contribution in [1.82, 2.24) is 9.55 Å². The van der Waals surface area contributed by atoms with Crippen molar-refractivity contribution in [3.63, 3.8) is 0 Å². The third-order valence-electron chi connectivity index (χ3n) is 5.80. The Kier molecular flexibility index (Phi) is 6.42. The van der Waals surface area contributed by atoms with Crippen LogP contribution < -0.4 is 5.32 Å². The van der Waals surface area contributed by atoms with Gasteiger partial charge in [0, 0.05) is 17.8 Å². The molecule has 1 N–H and O–H groups in total. The number of alkyl halides is 6. The van der Waals surface area contributed by atoms with Crippen LogP contribution >= 0.6 is 0 Å². The molecular weight excluding hydrogens is 460 g/mol. The minimum absolute atomic E-state index is 0.0116. The van der Waals surface area contributed by atoms with Gasteiger partial charge in [-0.1, -0.05) is 12.1 Å². The number of aryl methyl sites for hydroxylation is 2. The van der Waals surface area contributed by atoms with Crippen molar-refractivity contribution in [1.29, 1.82) is 0 Å². The van der Waals surface area contributed by atoms with Crippen molar-refractivity contribution in [2.45, 2.75) is 50.9 Å². The maximum Gasteiger partial charge on any atom is 0.418 e. The fourth-order valence-corrected chi connectivity index (χ4v) is 4.07. The normalized spacial score (nSPS) is 14.1. The molecule has 0 saturated heterocycles. The van der Waals surface area contributed by atoms with E-state index in [1.54, 1.807) is 0 Å². The van der Waals surface area contributed by atoms with Crippen LogP contribution in [0.25, 0.3) is 5.69 Å². The number of anilines is 1. The molecule has 0 spiro atoms. The number of imidazole rings is 1. The molecule has 10 heteroatoms. The van der Waals surface area contributed by atoms with Crippen molar-refractivity contribution in [2.75, 3.05) is 5.32 Å². The third-order valence-corrected chi connectivity index (χ3v) is 5.80. The Labute approximate surface area is 191 Å². The minimum Gasteiger partial charge on any atom is -0.326 e. The second-order valence-electron chi connectivity index (χ2n) is 8.19. The molecule has 0 unspecified atom stereocenters. The second kappa shape index (κ2) is 9.15. The van der Waals surface area contributed by atoms with Crippen LogP contribution in [0.1, 0.15) is 47.3 Å². The van der Waals surface area contributed by atoms with Gasteiger partial charge in [-0.05, 0) is 68.0 Å². The van der Waals surface area contributed by atoms with Gasteiger partial charge in [0.1, 0.15) is 0 Å². The van der Waals surface area contributed by atoms with Crippen LogP contribution in [0.2, 0.25) is 0 Å². The predicted octanol–water partition coefficient (Wildman–Crippen LogP) is 6.36. The molecular formula is C24H21F6N3O. The fourth-order valence-electron chi connectivity index (χ4n) is 4.07. The van der Waals surface area contributed by atoms with E-state index in [0.717, 1.165) is 48.8 Å². The first-order chi connectivity index (χ1) is 16.0. The van der Waals surface area contributed by atoms with Crippen molar-refractivity contribution in [2.24, 2.45) is 0 Å². The number of hydrogen-bond donors (Lipinski definition) is 1. The van der Waals surface area contributed by atoms with Gasteiger partial charge in [-0.2, -0.15) is 26.3 Å². The Balaban J connectivity index is 1.48. The average Bonchev–Trinajstić information content (AvgIpc) is 3.21. The number of amides is 1. The highest BCUT2D eigenvalue weighted by molar-refractivity contribution is 5.91. The van der Waals surface area contributed by atoms with Crippen molar-refractivity contribution in [3.8, 4) is 5.69 Å². The van der Waals surface area contributed by atoms with Gasteiger partial charge in [0.15, 0.2) is 0 Å². The average molecular weight is 481 g/mol. The van der Waals surface area contributed by atoms with Gasteiger partial charge in [0.2, 0.25) is 5.91 Å². The second-order valence-corrected chi connectivity index (χ2v) is 8.19. The number of carbonyl (C=O) groups is 1. The Morgan fingerprint density at radius 2 is 1.65 bits per heavy atom. The van der Waals surface area contributed by atoms with E-state index in [-0.39, 0.29) is 24.2 Å². The maximum absolute atomic E-state index is 13.8. The molecule has 4 rings (SSSR count). The monoisotopic (exact) mass is 481 g/mol. The highest BCUT2D eigenvalue weighted by Gasteiger charge is 2.35. The molecule has 0 aliphatic heterocycles. The molecule has 1 aromatic heterocycles. The first-order valence-electron chi connectivity index (χ1n) is 10.7. The van der Waals surface area contributed by atoms with Crippen LogP contribution in [0.15, 0.2) is 48.8 Å². The largest absolute Gasteiger partial charge is 0.418 e. The Morgan fingerprint density at radius 1 is 0.941 bits per heavy atom. The van der Waals surface area contributed by atoms with Crippen LogP contribution in [0.3, 0.4) is 0 Å². The van der Waals surface area contributed by atoms with Crippen LogP contribution in [-0.2, 0) is 36.4 Å². The number of rotatable bonds is 5. The molecule has 1 amide bonds. The highest BCUT2D eigenvalue weighted by Crippen LogP contribution is 2.37. The Morgan fingerprint density at radius 3 is 2.32 bits per heavy atom. The Bertz CT molecular complexity index is 1180. The summed E-state index contributed by atoms with van der Waals surface area (Å²) in [6.07, 6.45) is -4.43. The van der Waals surface area contributed by atoms with E-state index >= 15 is 0 Å². The summed E-state index contributed by atoms with van der Waals surface area (Å²) in [5.41, 5.74) is 0.344. The molecule has 4 nitrogen and oxygen atoms in total. The van der Waals surface area contributed by atoms with Gasteiger partial charge < -0.3 is 9.88 Å². The van der Waals surface area contributed by atoms with E-state index in [2.05, 4.69) is 10.3 Å². The molecule has 3 aromatic rings. The van der Waals surface area contributed by atoms with Gasteiger partial charge in [0.25, 0.3) is 0 Å². The zero-order chi connectivity index (χ0) is 24.5. The lowest BCUT2D eigenvalue weighted by molar-refractivity contribution is -0.138. The zero-order valence-corrected chi connectivity index (χ0v) is 17.9. The summed E-state index contributed by atoms with van der Waals surface area (Å²) in [4.78, 5) is 16.6. The smallest absolute Gasteiger partial charge is 0.326 e. The van der Waals surface area contributed by atoms with Crippen LogP contribution in [-0.4, -0.2) is 15.5 Å². The number of halogens is 6. The van der Waals surface area contributed by atoms with Gasteiger partial charge in [-0.15, -0.1) is 0 Å². The van der Waals surface area contributed by atoms with Crippen LogP contribution in [0, 0.1) is 0 Å². The molecule has 0 atom stereocenters. The summed E-state index contributed by atoms with van der Waals surface area (Å²) in [6, 6.07) is 8.00. The summed E-state index contributed by atoms with van der Waals surface area (Å²) in [7, 11) is 0. The molecule has 1 aliphatic carbocycles. The van der Waals surface area contributed by atoms with Gasteiger partial charge in [-0.3, -0.25) is 4.79 Å². The quantitative estimate of drug-likeness (QED) is 0.431. The van der Waals surface area contributed by atoms with E-state index in [1.165, 1.54) is 35.2 Å². The van der Waals surface area contributed by atoms with Crippen molar-refractivity contribution < 1.29 is 31.1 Å². The highest BCUT2D eigenvalue weighted by atomic mass is 19.4. The summed E-state index contributed by atoms with van der Waals surface area (Å²) in [5, 5.41) is 2.45. The number of hydrogen-bond acceptors (Lipinski definition) is 2. The summed E-state index contributed by atoms with van der Waals surface area (Å²) in [5.74, 6) is -0.541. The summed E-state index contributed by atoms with van der Waals surface area (Å²) in [6.45, 7) is 0. The molecule has 0 saturated carbocycles. The number of aromatic nitrogens is 2. The lowest BCUT2D eigenvalue weighted by Crippen LogP contribution is -2.16. The molecule has 1 heterocycles. The molecule has 0 radical (unpaired) electrons. The zero-order valence-electron chi connectivity index (χ0n) is 17.9. The first-order valence-corrected chi connectivity index (χ1v) is 10.7. The molecule has 180 valence electrons. The minimum atomic E-state index is -4.65. The van der Waals surface area contributed by atoms with Crippen LogP contribution in [0.5, 0.6) is 0 Å². The number of carbonyl (C=O) groups excluding carboxylic acids is 1. The summed E-state index contributed by atoms with van der Waals surface area (Å²) >= 11 is 0. The predicted molar refractivity (Wildman–Crippen MR) is 114 cm³/mol. The first kappa shape index (κ1) is 23.8. The molecule has 0 fully saturated rings. The van der Waals surface area contributed by atoms with Gasteiger partial charge >= 0.3 is 12.4 Å². The fraction of sp³-hybridized carbons (Fsp3) is 0.333. The lowest BCUT2D eigenvalue weighted by Gasteiger charge is -2.19. The SMILES string of the molecule is O=C(CCc1ccc(C(F)(F)F)cc1)Nc1ccc(-n2cnc3c2CCCC3)c(C(F)(F)F)c1. The number of benzene rings is 2. The van der Waals surface area contributed by atoms with Crippen molar-refractivity contribution in [3.05, 3.63) is 76.9 Å². The molecule has 0 bridgehead atoms. The number of fused-ring (bicyclic) bond motifs is 1. The van der Waals surface area contributed by atoms with E-state index in [0.29, 0.717) is 12.0 Å². The van der Waals surface area contributed by atoms with E-state index in [1.807, 2.05) is 0 Å². The molecule has 34 heavy (non-hydrogen) atoms. The van der Waals surface area contributed by atoms with Crippen molar-refractivity contribution >= 4 is 11.6 Å². The third kappa shape index (κ3) is 5.26. The molecule has 2 aromatic carbocycles. The Hall–Kier alpha value is -3.30. The van der Waals surface area contributed by atoms with Crippen LogP contribution in [0.4, 0.5) is 32.0 Å². The standard InChI is InChI=1S/C24H21F6N3O/c25-23(26,27)16-8-5-15(6-9-16)7-12-22(34)32-17-10-11-20(18(13-17)24(28,29)30)33-14-31-19-3-1-2-4-21(19)33/h5-6,8-11,13-14H,1-4,7,12H2,(H,32,34). The van der Waals surface area contributed by atoms with Gasteiger partial charge in [0.05, 0.1) is 28.8 Å².